The third-order valence-corrected chi connectivity index (χ3v) is 6.47. The lowest BCUT2D eigenvalue weighted by Crippen LogP contribution is -2.30. The van der Waals surface area contributed by atoms with Crippen LogP contribution in [0.25, 0.3) is 16.8 Å². The van der Waals surface area contributed by atoms with Crippen molar-refractivity contribution < 1.29 is 22.7 Å². The van der Waals surface area contributed by atoms with Crippen LogP contribution >= 0.6 is 0 Å². The molecule has 1 atom stereocenters. The van der Waals surface area contributed by atoms with Gasteiger partial charge in [-0.2, -0.15) is 13.2 Å². The first kappa shape index (κ1) is 25.1. The van der Waals surface area contributed by atoms with E-state index in [-0.39, 0.29) is 18.6 Å². The standard InChI is InChI=1S/C28H24F3N5O2/c1-2-4-23(37)35-15-3-5-22(35)27-34-24(25-26(32)33-14-16-36(25)27)19-8-12-21(13-9-19)38-17-18-6-10-20(11-7-18)28(29,30)31/h6-14,16,22H,3,5,15,17H2,1H3,(H2,32,33). The van der Waals surface area contributed by atoms with Gasteiger partial charge in [-0.1, -0.05) is 18.1 Å². The zero-order chi connectivity index (χ0) is 26.9. The number of benzene rings is 2. The summed E-state index contributed by atoms with van der Waals surface area (Å²) in [6.45, 7) is 2.36. The molecule has 0 saturated carbocycles. The monoisotopic (exact) mass is 519 g/mol. The molecule has 0 bridgehead atoms. The van der Waals surface area contributed by atoms with Crippen molar-refractivity contribution in [3.8, 4) is 28.8 Å². The van der Waals surface area contributed by atoms with Crippen molar-refractivity contribution in [3.63, 3.8) is 0 Å². The summed E-state index contributed by atoms with van der Waals surface area (Å²) in [4.78, 5) is 23.5. The number of carbonyl (C=O) groups is 1. The Morgan fingerprint density at radius 2 is 1.89 bits per heavy atom. The summed E-state index contributed by atoms with van der Waals surface area (Å²) in [5.41, 5.74) is 8.22. The molecule has 2 aromatic carbocycles. The Balaban J connectivity index is 1.40. The van der Waals surface area contributed by atoms with Crippen LogP contribution in [0.4, 0.5) is 19.0 Å². The van der Waals surface area contributed by atoms with Crippen LogP contribution in [0.15, 0.2) is 60.9 Å². The van der Waals surface area contributed by atoms with E-state index >= 15 is 0 Å². The fraction of sp³-hybridized carbons (Fsp3) is 0.250. The summed E-state index contributed by atoms with van der Waals surface area (Å²) in [5.74, 6) is 6.62. The Kier molecular flexibility index (Phi) is 6.68. The van der Waals surface area contributed by atoms with Crippen molar-refractivity contribution in [1.29, 1.82) is 0 Å². The van der Waals surface area contributed by atoms with Crippen molar-refractivity contribution in [2.24, 2.45) is 0 Å². The summed E-state index contributed by atoms with van der Waals surface area (Å²) >= 11 is 0. The zero-order valence-corrected chi connectivity index (χ0v) is 20.5. The van der Waals surface area contributed by atoms with E-state index in [4.69, 9.17) is 15.5 Å². The first-order chi connectivity index (χ1) is 18.3. The van der Waals surface area contributed by atoms with E-state index in [1.165, 1.54) is 12.1 Å². The third-order valence-electron chi connectivity index (χ3n) is 6.47. The van der Waals surface area contributed by atoms with Crippen LogP contribution in [-0.4, -0.2) is 31.7 Å². The first-order valence-electron chi connectivity index (χ1n) is 12.0. The van der Waals surface area contributed by atoms with E-state index in [0.717, 1.165) is 30.5 Å². The van der Waals surface area contributed by atoms with Crippen LogP contribution < -0.4 is 10.5 Å². The number of nitrogen functional groups attached to an aromatic ring is 1. The van der Waals surface area contributed by atoms with E-state index in [1.807, 2.05) is 16.5 Å². The van der Waals surface area contributed by atoms with Crippen LogP contribution in [0.2, 0.25) is 0 Å². The molecule has 10 heteroatoms. The number of halogens is 3. The molecule has 1 fully saturated rings. The highest BCUT2D eigenvalue weighted by Gasteiger charge is 2.33. The van der Waals surface area contributed by atoms with Gasteiger partial charge in [0.15, 0.2) is 0 Å². The number of nitrogens with zero attached hydrogens (tertiary/aromatic N) is 4. The maximum Gasteiger partial charge on any atom is 0.416 e. The molecule has 4 aromatic rings. The predicted molar refractivity (Wildman–Crippen MR) is 136 cm³/mol. The maximum absolute atomic E-state index is 12.8. The van der Waals surface area contributed by atoms with Gasteiger partial charge in [-0.15, -0.1) is 0 Å². The van der Waals surface area contributed by atoms with Crippen LogP contribution in [0, 0.1) is 11.8 Å². The van der Waals surface area contributed by atoms with Gasteiger partial charge in [-0.3, -0.25) is 9.20 Å². The predicted octanol–water partition coefficient (Wildman–Crippen LogP) is 5.26. The Morgan fingerprint density at radius 1 is 1.16 bits per heavy atom. The number of hydrogen-bond donors (Lipinski definition) is 1. The van der Waals surface area contributed by atoms with Crippen molar-refractivity contribution in [1.82, 2.24) is 19.3 Å². The highest BCUT2D eigenvalue weighted by atomic mass is 19.4. The molecule has 1 saturated heterocycles. The topological polar surface area (TPSA) is 85.8 Å². The number of fused-ring (bicyclic) bond motifs is 1. The number of amides is 1. The second kappa shape index (κ2) is 10.1. The number of carbonyl (C=O) groups excluding carboxylic acids is 1. The molecule has 0 aliphatic carbocycles. The van der Waals surface area contributed by atoms with E-state index in [0.29, 0.717) is 40.7 Å². The lowest BCUT2D eigenvalue weighted by Gasteiger charge is -2.21. The Hall–Kier alpha value is -4.52. The summed E-state index contributed by atoms with van der Waals surface area (Å²) < 4.78 is 46.0. The molecule has 7 nitrogen and oxygen atoms in total. The van der Waals surface area contributed by atoms with Gasteiger partial charge in [0.25, 0.3) is 5.91 Å². The maximum atomic E-state index is 12.8. The second-order valence-corrected chi connectivity index (χ2v) is 8.89. The number of ether oxygens (including phenoxy) is 1. The highest BCUT2D eigenvalue weighted by Crippen LogP contribution is 2.37. The summed E-state index contributed by atoms with van der Waals surface area (Å²) in [6, 6.07) is 11.8. The molecule has 0 radical (unpaired) electrons. The van der Waals surface area contributed by atoms with Crippen molar-refractivity contribution >= 4 is 17.2 Å². The smallest absolute Gasteiger partial charge is 0.416 e. The second-order valence-electron chi connectivity index (χ2n) is 8.89. The molecule has 2 aromatic heterocycles. The molecule has 38 heavy (non-hydrogen) atoms. The van der Waals surface area contributed by atoms with Gasteiger partial charge >= 0.3 is 6.18 Å². The average Bonchev–Trinajstić information content (AvgIpc) is 3.53. The van der Waals surface area contributed by atoms with E-state index < -0.39 is 11.7 Å². The number of rotatable bonds is 5. The number of anilines is 1. The number of nitrogens with two attached hydrogens (primary N) is 1. The Morgan fingerprint density at radius 3 is 2.58 bits per heavy atom. The third kappa shape index (κ3) is 4.87. The van der Waals surface area contributed by atoms with Crippen molar-refractivity contribution in [3.05, 3.63) is 77.9 Å². The summed E-state index contributed by atoms with van der Waals surface area (Å²) in [7, 11) is 0. The first-order valence-corrected chi connectivity index (χ1v) is 12.0. The zero-order valence-electron chi connectivity index (χ0n) is 20.5. The summed E-state index contributed by atoms with van der Waals surface area (Å²) in [6.07, 6.45) is 0.612. The lowest BCUT2D eigenvalue weighted by atomic mass is 10.1. The molecule has 0 spiro atoms. The Bertz CT molecular complexity index is 1530. The minimum absolute atomic E-state index is 0.123. The lowest BCUT2D eigenvalue weighted by molar-refractivity contribution is -0.137. The molecule has 3 heterocycles. The Labute approximate surface area is 217 Å². The van der Waals surface area contributed by atoms with Gasteiger partial charge < -0.3 is 15.4 Å². The number of likely N-dealkylation sites (tertiary alicyclic amines) is 1. The van der Waals surface area contributed by atoms with Gasteiger partial charge in [-0.25, -0.2) is 9.97 Å². The van der Waals surface area contributed by atoms with Crippen LogP contribution in [-0.2, 0) is 17.6 Å². The molecule has 194 valence electrons. The number of imidazole rings is 1. The van der Waals surface area contributed by atoms with Gasteiger partial charge in [-0.05, 0) is 67.6 Å². The molecule has 1 amide bonds. The largest absolute Gasteiger partial charge is 0.489 e. The van der Waals surface area contributed by atoms with E-state index in [9.17, 15) is 18.0 Å². The molecular weight excluding hydrogens is 495 g/mol. The van der Waals surface area contributed by atoms with Crippen LogP contribution in [0.1, 0.15) is 42.8 Å². The molecule has 5 rings (SSSR count). The summed E-state index contributed by atoms with van der Waals surface area (Å²) in [5, 5.41) is 0. The fourth-order valence-corrected chi connectivity index (χ4v) is 4.65. The van der Waals surface area contributed by atoms with Gasteiger partial charge in [0.1, 0.15) is 35.2 Å². The van der Waals surface area contributed by atoms with E-state index in [1.54, 1.807) is 36.4 Å². The number of alkyl halides is 3. The molecule has 1 aliphatic rings. The van der Waals surface area contributed by atoms with Gasteiger partial charge in [0, 0.05) is 24.5 Å². The van der Waals surface area contributed by atoms with Gasteiger partial charge in [0.05, 0.1) is 11.6 Å². The quantitative estimate of drug-likeness (QED) is 0.364. The minimum Gasteiger partial charge on any atom is -0.489 e. The molecular formula is C28H24F3N5O2. The molecule has 1 aliphatic heterocycles. The number of aromatic nitrogens is 3. The minimum atomic E-state index is -4.37. The van der Waals surface area contributed by atoms with Crippen molar-refractivity contribution in [2.45, 2.75) is 38.6 Å². The number of hydrogen-bond acceptors (Lipinski definition) is 5. The van der Waals surface area contributed by atoms with Crippen LogP contribution in [0.5, 0.6) is 5.75 Å². The van der Waals surface area contributed by atoms with Crippen LogP contribution in [0.3, 0.4) is 0 Å². The van der Waals surface area contributed by atoms with E-state index in [2.05, 4.69) is 16.8 Å². The van der Waals surface area contributed by atoms with Crippen molar-refractivity contribution in [2.75, 3.05) is 12.3 Å². The fourth-order valence-electron chi connectivity index (χ4n) is 4.65. The molecule has 2 N–H and O–H groups in total. The molecule has 1 unspecified atom stereocenters. The average molecular weight is 520 g/mol. The van der Waals surface area contributed by atoms with Gasteiger partial charge in [0.2, 0.25) is 0 Å². The highest BCUT2D eigenvalue weighted by molar-refractivity contribution is 5.94. The SMILES string of the molecule is CC#CC(=O)N1CCCC1c1nc(-c2ccc(OCc3ccc(C(F)(F)F)cc3)cc2)c2c(N)nccn12. The normalized spacial score (nSPS) is 15.4.